The summed E-state index contributed by atoms with van der Waals surface area (Å²) < 4.78 is 24.0. The number of esters is 1. The van der Waals surface area contributed by atoms with Crippen molar-refractivity contribution in [3.05, 3.63) is 0 Å². The van der Waals surface area contributed by atoms with Crippen LogP contribution in [0.25, 0.3) is 0 Å². The molecule has 0 aromatic carbocycles. The van der Waals surface area contributed by atoms with Gasteiger partial charge in [0.1, 0.15) is 12.1 Å². The van der Waals surface area contributed by atoms with Crippen molar-refractivity contribution in [3.8, 4) is 0 Å². The van der Waals surface area contributed by atoms with Crippen molar-refractivity contribution in [2.45, 2.75) is 46.8 Å². The summed E-state index contributed by atoms with van der Waals surface area (Å²) in [5, 5.41) is 2.28. The fourth-order valence-corrected chi connectivity index (χ4v) is 1.40. The predicted octanol–water partition coefficient (Wildman–Crippen LogP) is 1.39. The lowest BCUT2D eigenvalue weighted by Crippen LogP contribution is -2.46. The summed E-state index contributed by atoms with van der Waals surface area (Å²) in [6, 6.07) is -0.941. The van der Waals surface area contributed by atoms with E-state index in [0.717, 1.165) is 0 Å². The third kappa shape index (κ3) is 8.99. The zero-order chi connectivity index (χ0) is 17.5. The molecule has 0 aromatic heterocycles. The van der Waals surface area contributed by atoms with E-state index in [-0.39, 0.29) is 17.9 Å². The zero-order valence-electron chi connectivity index (χ0n) is 13.3. The largest absolute Gasteiger partial charge is 0.472 e. The van der Waals surface area contributed by atoms with Crippen molar-refractivity contribution < 1.29 is 37.9 Å². The van der Waals surface area contributed by atoms with Crippen LogP contribution >= 0.6 is 7.82 Å². The van der Waals surface area contributed by atoms with Crippen molar-refractivity contribution in [2.24, 2.45) is 11.8 Å². The monoisotopic (exact) mass is 341 g/mol. The highest BCUT2D eigenvalue weighted by Gasteiger charge is 2.28. The van der Waals surface area contributed by atoms with Crippen LogP contribution in [0.2, 0.25) is 0 Å². The molecular weight excluding hydrogens is 317 g/mol. The van der Waals surface area contributed by atoms with Crippen LogP contribution in [0.3, 0.4) is 0 Å². The molecule has 0 aliphatic carbocycles. The summed E-state index contributed by atoms with van der Waals surface area (Å²) in [6.07, 6.45) is -1.36. The van der Waals surface area contributed by atoms with Crippen molar-refractivity contribution in [1.29, 1.82) is 0 Å². The van der Waals surface area contributed by atoms with E-state index in [1.54, 1.807) is 20.8 Å². The quantitative estimate of drug-likeness (QED) is 0.343. The van der Waals surface area contributed by atoms with Gasteiger partial charge in [-0.05, 0) is 18.8 Å². The van der Waals surface area contributed by atoms with Gasteiger partial charge in [0, 0.05) is 0 Å². The molecule has 0 aromatic rings. The molecule has 10 heteroatoms. The Morgan fingerprint density at radius 2 is 1.64 bits per heavy atom. The minimum Gasteiger partial charge on any atom is -0.461 e. The van der Waals surface area contributed by atoms with Crippen LogP contribution in [0.15, 0.2) is 0 Å². The topological polar surface area (TPSA) is 131 Å². The highest BCUT2D eigenvalue weighted by atomic mass is 31.2. The Morgan fingerprint density at radius 1 is 1.09 bits per heavy atom. The van der Waals surface area contributed by atoms with Gasteiger partial charge in [0.25, 0.3) is 0 Å². The summed E-state index contributed by atoms with van der Waals surface area (Å²) in [4.78, 5) is 40.4. The first-order valence-electron chi connectivity index (χ1n) is 6.78. The molecule has 0 aliphatic heterocycles. The Hall–Kier alpha value is -1.15. The predicted molar refractivity (Wildman–Crippen MR) is 76.6 cm³/mol. The number of hydrogen-bond acceptors (Lipinski definition) is 6. The maximum Gasteiger partial charge on any atom is 0.472 e. The van der Waals surface area contributed by atoms with Gasteiger partial charge in [-0.2, -0.15) is 0 Å². The van der Waals surface area contributed by atoms with E-state index in [0.29, 0.717) is 0 Å². The molecule has 2 atom stereocenters. The summed E-state index contributed by atoms with van der Waals surface area (Å²) in [5.74, 6) is -0.744. The molecule has 0 heterocycles. The molecule has 1 amide bonds. The SMILES string of the molecule is CC(C)C(C)OC(=O)C(NC(=O)OCOP(=O)(O)O)C(C)C. The molecule has 2 unspecified atom stereocenters. The molecule has 0 rings (SSSR count). The number of rotatable bonds is 8. The average Bonchev–Trinajstić information content (AvgIpc) is 2.33. The third-order valence-electron chi connectivity index (χ3n) is 2.85. The summed E-state index contributed by atoms with van der Waals surface area (Å²) in [6.45, 7) is 8.01. The van der Waals surface area contributed by atoms with Gasteiger partial charge in [-0.25, -0.2) is 18.7 Å². The standard InChI is InChI=1S/C12H24NO8P/c1-7(2)9(5)21-11(14)10(8(3)4)13-12(15)19-6-20-22(16,17)18/h7-10H,6H2,1-5H3,(H,13,15)(H2,16,17,18). The van der Waals surface area contributed by atoms with Gasteiger partial charge in [-0.3, -0.25) is 0 Å². The first-order valence-corrected chi connectivity index (χ1v) is 8.31. The Kier molecular flexibility index (Phi) is 8.62. The van der Waals surface area contributed by atoms with Crippen LogP contribution in [-0.4, -0.2) is 40.8 Å². The van der Waals surface area contributed by atoms with E-state index >= 15 is 0 Å². The third-order valence-corrected chi connectivity index (χ3v) is 3.29. The number of carbonyl (C=O) groups excluding carboxylic acids is 2. The van der Waals surface area contributed by atoms with Gasteiger partial charge < -0.3 is 24.6 Å². The number of nitrogens with one attached hydrogen (secondary N) is 1. The first kappa shape index (κ1) is 20.9. The van der Waals surface area contributed by atoms with Crippen molar-refractivity contribution in [3.63, 3.8) is 0 Å². The number of carbonyl (C=O) groups is 2. The normalized spacial score (nSPS) is 14.6. The summed E-state index contributed by atoms with van der Waals surface area (Å²) in [5.41, 5.74) is 0. The van der Waals surface area contributed by atoms with Crippen molar-refractivity contribution in [2.75, 3.05) is 6.79 Å². The van der Waals surface area contributed by atoms with E-state index in [2.05, 4.69) is 14.6 Å². The number of hydrogen-bond donors (Lipinski definition) is 3. The minimum atomic E-state index is -4.72. The lowest BCUT2D eigenvalue weighted by molar-refractivity contribution is -0.154. The molecule has 0 bridgehead atoms. The molecular formula is C12H24NO8P. The van der Waals surface area contributed by atoms with Gasteiger partial charge >= 0.3 is 19.9 Å². The smallest absolute Gasteiger partial charge is 0.461 e. The van der Waals surface area contributed by atoms with E-state index in [1.807, 2.05) is 13.8 Å². The number of phosphoric ester groups is 1. The Bertz CT molecular complexity index is 419. The fraction of sp³-hybridized carbons (Fsp3) is 0.833. The highest BCUT2D eigenvalue weighted by molar-refractivity contribution is 7.46. The number of amides is 1. The maximum absolute atomic E-state index is 12.0. The molecule has 9 nitrogen and oxygen atoms in total. The second-order valence-corrected chi connectivity index (χ2v) is 6.66. The average molecular weight is 341 g/mol. The van der Waals surface area contributed by atoms with Gasteiger partial charge in [0.15, 0.2) is 0 Å². The maximum atomic E-state index is 12.0. The van der Waals surface area contributed by atoms with Crippen molar-refractivity contribution in [1.82, 2.24) is 5.32 Å². The number of ether oxygens (including phenoxy) is 2. The van der Waals surface area contributed by atoms with E-state index < -0.39 is 32.7 Å². The fourth-order valence-electron chi connectivity index (χ4n) is 1.21. The van der Waals surface area contributed by atoms with Gasteiger partial charge in [-0.1, -0.05) is 27.7 Å². The van der Waals surface area contributed by atoms with Crippen LogP contribution in [0.1, 0.15) is 34.6 Å². The molecule has 22 heavy (non-hydrogen) atoms. The van der Waals surface area contributed by atoms with Gasteiger partial charge in [0.2, 0.25) is 6.79 Å². The Balaban J connectivity index is 4.48. The molecule has 0 fully saturated rings. The summed E-state index contributed by atoms with van der Waals surface area (Å²) in [7, 11) is -4.72. The molecule has 0 spiro atoms. The Labute approximate surface area is 129 Å². The van der Waals surface area contributed by atoms with E-state index in [9.17, 15) is 14.2 Å². The molecule has 130 valence electrons. The van der Waals surface area contributed by atoms with Crippen LogP contribution in [0, 0.1) is 11.8 Å². The van der Waals surface area contributed by atoms with Crippen LogP contribution in [-0.2, 0) is 23.4 Å². The Morgan fingerprint density at radius 3 is 2.05 bits per heavy atom. The number of phosphoric acid groups is 1. The van der Waals surface area contributed by atoms with Gasteiger partial charge in [0.05, 0.1) is 0 Å². The van der Waals surface area contributed by atoms with Gasteiger partial charge in [-0.15, -0.1) is 0 Å². The highest BCUT2D eigenvalue weighted by Crippen LogP contribution is 2.35. The second kappa shape index (κ2) is 9.09. The molecule has 3 N–H and O–H groups in total. The lowest BCUT2D eigenvalue weighted by Gasteiger charge is -2.24. The van der Waals surface area contributed by atoms with E-state index in [4.69, 9.17) is 14.5 Å². The minimum absolute atomic E-state index is 0.125. The molecule has 0 radical (unpaired) electrons. The molecule has 0 aliphatic rings. The first-order chi connectivity index (χ1) is 9.94. The lowest BCUT2D eigenvalue weighted by atomic mass is 10.0. The van der Waals surface area contributed by atoms with Crippen molar-refractivity contribution >= 4 is 19.9 Å². The van der Waals surface area contributed by atoms with Crippen LogP contribution in [0.5, 0.6) is 0 Å². The summed E-state index contributed by atoms with van der Waals surface area (Å²) >= 11 is 0. The van der Waals surface area contributed by atoms with Crippen LogP contribution in [0.4, 0.5) is 4.79 Å². The molecule has 0 saturated heterocycles. The molecule has 0 saturated carbocycles. The second-order valence-electron chi connectivity index (χ2n) is 5.42. The zero-order valence-corrected chi connectivity index (χ0v) is 14.2. The van der Waals surface area contributed by atoms with E-state index in [1.165, 1.54) is 0 Å². The number of alkyl carbamates (subject to hydrolysis) is 1. The van der Waals surface area contributed by atoms with Crippen LogP contribution < -0.4 is 5.32 Å².